The number of hydrogen-bond acceptors (Lipinski definition) is 2. The molecular weight excluding hydrogens is 166 g/mol. The Morgan fingerprint density at radius 2 is 2.08 bits per heavy atom. The lowest BCUT2D eigenvalue weighted by Crippen LogP contribution is -2.37. The lowest BCUT2D eigenvalue weighted by Gasteiger charge is -2.21. The fourth-order valence-electron chi connectivity index (χ4n) is 1.02. The minimum absolute atomic E-state index is 0.0203. The lowest BCUT2D eigenvalue weighted by molar-refractivity contribution is 0.208. The third kappa shape index (κ3) is 2.45. The summed E-state index contributed by atoms with van der Waals surface area (Å²) in [4.78, 5) is 1.57. The quantitative estimate of drug-likeness (QED) is 0.413. The fraction of sp³-hybridized carbons (Fsp3) is 0.222. The maximum Gasteiger partial charge on any atom is 0.194 e. The van der Waals surface area contributed by atoms with E-state index in [-0.39, 0.29) is 5.96 Å². The van der Waals surface area contributed by atoms with Crippen LogP contribution in [-0.2, 0) is 4.74 Å². The number of benzene rings is 1. The van der Waals surface area contributed by atoms with Crippen LogP contribution in [0.3, 0.4) is 0 Å². The van der Waals surface area contributed by atoms with Gasteiger partial charge >= 0.3 is 0 Å². The molecule has 0 aromatic heterocycles. The van der Waals surface area contributed by atoms with Crippen molar-refractivity contribution in [3.8, 4) is 0 Å². The number of nitrogens with one attached hydrogen (secondary N) is 1. The number of ether oxygens (including phenoxy) is 1. The van der Waals surface area contributed by atoms with Crippen LogP contribution >= 0.6 is 0 Å². The molecule has 70 valence electrons. The molecule has 1 aromatic rings. The first kappa shape index (κ1) is 9.54. The van der Waals surface area contributed by atoms with Crippen LogP contribution < -0.4 is 10.6 Å². The Hall–Kier alpha value is -1.55. The number of para-hydroxylation sites is 1. The first-order valence-electron chi connectivity index (χ1n) is 3.91. The maximum absolute atomic E-state index is 7.32. The van der Waals surface area contributed by atoms with Gasteiger partial charge in [-0.3, -0.25) is 10.3 Å². The molecule has 4 nitrogen and oxygen atoms in total. The van der Waals surface area contributed by atoms with Crippen molar-refractivity contribution in [2.45, 2.75) is 0 Å². The number of hydrogen-bond donors (Lipinski definition) is 2. The predicted octanol–water partition coefficient (Wildman–Crippen LogP) is 0.990. The van der Waals surface area contributed by atoms with Crippen LogP contribution in [0.5, 0.6) is 0 Å². The second-order valence-corrected chi connectivity index (χ2v) is 2.57. The van der Waals surface area contributed by atoms with Gasteiger partial charge in [-0.25, -0.2) is 0 Å². The highest BCUT2D eigenvalue weighted by molar-refractivity contribution is 5.92. The van der Waals surface area contributed by atoms with Crippen LogP contribution in [-0.4, -0.2) is 19.8 Å². The zero-order valence-corrected chi connectivity index (χ0v) is 7.53. The smallest absolute Gasteiger partial charge is 0.194 e. The average molecular weight is 179 g/mol. The molecule has 0 aliphatic heterocycles. The van der Waals surface area contributed by atoms with Crippen molar-refractivity contribution in [2.75, 3.05) is 18.7 Å². The first-order valence-corrected chi connectivity index (χ1v) is 3.91. The van der Waals surface area contributed by atoms with E-state index in [1.807, 2.05) is 30.3 Å². The topological polar surface area (TPSA) is 62.3 Å². The maximum atomic E-state index is 7.32. The molecule has 1 aromatic carbocycles. The highest BCUT2D eigenvalue weighted by Gasteiger charge is 2.06. The summed E-state index contributed by atoms with van der Waals surface area (Å²) < 4.78 is 4.92. The molecule has 4 heteroatoms. The molecule has 0 saturated carbocycles. The van der Waals surface area contributed by atoms with Crippen LogP contribution in [0.4, 0.5) is 5.69 Å². The summed E-state index contributed by atoms with van der Waals surface area (Å²) in [6, 6.07) is 9.44. The van der Waals surface area contributed by atoms with E-state index in [1.54, 1.807) is 12.0 Å². The SMILES string of the molecule is COCN(C(=N)N)c1ccccc1. The van der Waals surface area contributed by atoms with Gasteiger partial charge in [-0.1, -0.05) is 18.2 Å². The zero-order valence-electron chi connectivity index (χ0n) is 7.53. The van der Waals surface area contributed by atoms with Crippen LogP contribution in [0.25, 0.3) is 0 Å². The van der Waals surface area contributed by atoms with Gasteiger partial charge in [-0.05, 0) is 12.1 Å². The van der Waals surface area contributed by atoms with E-state index in [2.05, 4.69) is 0 Å². The molecule has 1 rings (SSSR count). The minimum atomic E-state index is -0.0203. The molecular formula is C9H13N3O. The third-order valence-electron chi connectivity index (χ3n) is 1.62. The summed E-state index contributed by atoms with van der Waals surface area (Å²) in [5.74, 6) is -0.0203. The number of anilines is 1. The summed E-state index contributed by atoms with van der Waals surface area (Å²) in [7, 11) is 1.57. The Kier molecular flexibility index (Phi) is 3.28. The Bertz CT molecular complexity index is 273. The summed E-state index contributed by atoms with van der Waals surface area (Å²) in [6.45, 7) is 0.291. The molecule has 0 aliphatic rings. The van der Waals surface area contributed by atoms with E-state index >= 15 is 0 Å². The van der Waals surface area contributed by atoms with Gasteiger partial charge in [0.25, 0.3) is 0 Å². The molecule has 3 N–H and O–H groups in total. The van der Waals surface area contributed by atoms with E-state index < -0.39 is 0 Å². The number of nitrogens with zero attached hydrogens (tertiary/aromatic N) is 1. The average Bonchev–Trinajstić information content (AvgIpc) is 2.15. The van der Waals surface area contributed by atoms with E-state index in [0.29, 0.717) is 6.73 Å². The van der Waals surface area contributed by atoms with Gasteiger partial charge < -0.3 is 10.5 Å². The molecule has 0 unspecified atom stereocenters. The highest BCUT2D eigenvalue weighted by atomic mass is 16.5. The Labute approximate surface area is 77.4 Å². The van der Waals surface area contributed by atoms with Crippen molar-refractivity contribution in [3.05, 3.63) is 30.3 Å². The van der Waals surface area contributed by atoms with E-state index in [1.165, 1.54) is 0 Å². The molecule has 0 radical (unpaired) electrons. The molecule has 0 atom stereocenters. The van der Waals surface area contributed by atoms with Crippen molar-refractivity contribution in [3.63, 3.8) is 0 Å². The molecule has 0 aliphatic carbocycles. The lowest BCUT2D eigenvalue weighted by atomic mass is 10.3. The molecule has 0 amide bonds. The van der Waals surface area contributed by atoms with Gasteiger partial charge in [0.2, 0.25) is 0 Å². The number of nitrogens with two attached hydrogens (primary N) is 1. The molecule has 0 bridgehead atoms. The van der Waals surface area contributed by atoms with Gasteiger partial charge in [0.15, 0.2) is 5.96 Å². The number of methoxy groups -OCH3 is 1. The second-order valence-electron chi connectivity index (χ2n) is 2.57. The van der Waals surface area contributed by atoms with Gasteiger partial charge in [-0.15, -0.1) is 0 Å². The van der Waals surface area contributed by atoms with E-state index in [4.69, 9.17) is 15.9 Å². The van der Waals surface area contributed by atoms with E-state index in [9.17, 15) is 0 Å². The second kappa shape index (κ2) is 4.47. The van der Waals surface area contributed by atoms with Gasteiger partial charge in [0, 0.05) is 12.8 Å². The van der Waals surface area contributed by atoms with Gasteiger partial charge in [-0.2, -0.15) is 0 Å². The van der Waals surface area contributed by atoms with Crippen molar-refractivity contribution >= 4 is 11.6 Å². The van der Waals surface area contributed by atoms with Crippen molar-refractivity contribution in [1.82, 2.24) is 0 Å². The Morgan fingerprint density at radius 3 is 2.54 bits per heavy atom. The van der Waals surface area contributed by atoms with Crippen molar-refractivity contribution in [1.29, 1.82) is 5.41 Å². The first-order chi connectivity index (χ1) is 6.25. The monoisotopic (exact) mass is 179 g/mol. The van der Waals surface area contributed by atoms with Gasteiger partial charge in [0.1, 0.15) is 6.73 Å². The van der Waals surface area contributed by atoms with Gasteiger partial charge in [0.05, 0.1) is 0 Å². The molecule has 0 saturated heterocycles. The largest absolute Gasteiger partial charge is 0.370 e. The normalized spacial score (nSPS) is 9.62. The molecule has 13 heavy (non-hydrogen) atoms. The van der Waals surface area contributed by atoms with Crippen LogP contribution in [0.1, 0.15) is 0 Å². The molecule has 0 spiro atoms. The van der Waals surface area contributed by atoms with Crippen LogP contribution in [0.15, 0.2) is 30.3 Å². The summed E-state index contributed by atoms with van der Waals surface area (Å²) >= 11 is 0. The molecule has 0 heterocycles. The Morgan fingerprint density at radius 1 is 1.46 bits per heavy atom. The standard InChI is InChI=1S/C9H13N3O/c1-13-7-12(9(10)11)8-5-3-2-4-6-8/h2-6H,7H2,1H3,(H3,10,11). The Balaban J connectivity index is 2.82. The van der Waals surface area contributed by atoms with E-state index in [0.717, 1.165) is 5.69 Å². The summed E-state index contributed by atoms with van der Waals surface area (Å²) in [6.07, 6.45) is 0. The number of rotatable bonds is 3. The summed E-state index contributed by atoms with van der Waals surface area (Å²) in [5, 5.41) is 7.32. The van der Waals surface area contributed by atoms with Crippen LogP contribution in [0, 0.1) is 5.41 Å². The summed E-state index contributed by atoms with van der Waals surface area (Å²) in [5.41, 5.74) is 6.24. The fourth-order valence-corrected chi connectivity index (χ4v) is 1.02. The predicted molar refractivity (Wildman–Crippen MR) is 52.7 cm³/mol. The molecule has 0 fully saturated rings. The van der Waals surface area contributed by atoms with Crippen LogP contribution in [0.2, 0.25) is 0 Å². The van der Waals surface area contributed by atoms with Crippen molar-refractivity contribution < 1.29 is 4.74 Å². The van der Waals surface area contributed by atoms with Crippen molar-refractivity contribution in [2.24, 2.45) is 5.73 Å². The minimum Gasteiger partial charge on any atom is -0.370 e. The number of guanidine groups is 1. The third-order valence-corrected chi connectivity index (χ3v) is 1.62. The zero-order chi connectivity index (χ0) is 9.68. The highest BCUT2D eigenvalue weighted by Crippen LogP contribution is 2.11.